The summed E-state index contributed by atoms with van der Waals surface area (Å²) >= 11 is 0. The second-order valence-electron chi connectivity index (χ2n) is 6.20. The van der Waals surface area contributed by atoms with Gasteiger partial charge in [-0.25, -0.2) is 4.79 Å². The molecule has 10 nitrogen and oxygen atoms in total. The highest BCUT2D eigenvalue weighted by molar-refractivity contribution is 6.17. The monoisotopic (exact) mass is 408 g/mol. The third kappa shape index (κ3) is 5.76. The highest BCUT2D eigenvalue weighted by Gasteiger charge is 2.31. The molecular weight excluding hydrogens is 384 g/mol. The number of nitrogens with zero attached hydrogens (tertiary/aromatic N) is 1. The SMILES string of the molecule is CCCOc1ccc(C(=O)OCC(O)CO)cc1NC1=CC(=O)N(CCO)C1=O. The van der Waals surface area contributed by atoms with Crippen LogP contribution in [0.1, 0.15) is 23.7 Å². The first-order valence-corrected chi connectivity index (χ1v) is 9.09. The Labute approximate surface area is 167 Å². The molecule has 0 aromatic heterocycles. The predicted molar refractivity (Wildman–Crippen MR) is 101 cm³/mol. The molecule has 1 aromatic rings. The van der Waals surface area contributed by atoms with E-state index in [1.807, 2.05) is 6.92 Å². The number of rotatable bonds is 11. The van der Waals surface area contributed by atoms with Crippen LogP contribution < -0.4 is 10.1 Å². The minimum atomic E-state index is -1.19. The summed E-state index contributed by atoms with van der Waals surface area (Å²) in [4.78, 5) is 37.3. The molecule has 1 atom stereocenters. The quantitative estimate of drug-likeness (QED) is 0.285. The molecule has 0 aliphatic carbocycles. The lowest BCUT2D eigenvalue weighted by atomic mass is 10.1. The Hall–Kier alpha value is -2.95. The molecule has 0 bridgehead atoms. The van der Waals surface area contributed by atoms with E-state index in [0.29, 0.717) is 12.4 Å². The summed E-state index contributed by atoms with van der Waals surface area (Å²) in [5.41, 5.74) is 0.367. The van der Waals surface area contributed by atoms with Gasteiger partial charge in [0.15, 0.2) is 0 Å². The van der Waals surface area contributed by atoms with Crippen LogP contribution in [0.4, 0.5) is 5.69 Å². The number of anilines is 1. The molecule has 2 rings (SSSR count). The Balaban J connectivity index is 2.23. The highest BCUT2D eigenvalue weighted by atomic mass is 16.5. The van der Waals surface area contributed by atoms with E-state index < -0.39 is 30.5 Å². The van der Waals surface area contributed by atoms with E-state index in [9.17, 15) is 19.5 Å². The minimum absolute atomic E-state index is 0.0222. The molecule has 1 aromatic carbocycles. The van der Waals surface area contributed by atoms with E-state index in [1.54, 1.807) is 0 Å². The average Bonchev–Trinajstić information content (AvgIpc) is 2.98. The van der Waals surface area contributed by atoms with Gasteiger partial charge < -0.3 is 30.1 Å². The van der Waals surface area contributed by atoms with Crippen molar-refractivity contribution in [2.24, 2.45) is 0 Å². The Morgan fingerprint density at radius 2 is 2.03 bits per heavy atom. The van der Waals surface area contributed by atoms with Crippen molar-refractivity contribution >= 4 is 23.5 Å². The fourth-order valence-electron chi connectivity index (χ4n) is 2.46. The zero-order valence-corrected chi connectivity index (χ0v) is 16.0. The number of amides is 2. The van der Waals surface area contributed by atoms with Crippen LogP contribution in [0, 0.1) is 0 Å². The predicted octanol–water partition coefficient (Wildman–Crippen LogP) is -0.358. The minimum Gasteiger partial charge on any atom is -0.491 e. The van der Waals surface area contributed by atoms with E-state index in [-0.39, 0.29) is 36.7 Å². The molecule has 1 heterocycles. The maximum absolute atomic E-state index is 12.3. The summed E-state index contributed by atoms with van der Waals surface area (Å²) in [6, 6.07) is 4.37. The second-order valence-corrected chi connectivity index (χ2v) is 6.20. The summed E-state index contributed by atoms with van der Waals surface area (Å²) in [7, 11) is 0. The molecule has 1 aliphatic heterocycles. The van der Waals surface area contributed by atoms with Gasteiger partial charge in [0.25, 0.3) is 11.8 Å². The molecule has 4 N–H and O–H groups in total. The number of esters is 1. The van der Waals surface area contributed by atoms with Gasteiger partial charge in [-0.1, -0.05) is 6.92 Å². The van der Waals surface area contributed by atoms with Crippen molar-refractivity contribution in [1.29, 1.82) is 0 Å². The van der Waals surface area contributed by atoms with E-state index in [4.69, 9.17) is 19.7 Å². The van der Waals surface area contributed by atoms with Gasteiger partial charge in [-0.15, -0.1) is 0 Å². The summed E-state index contributed by atoms with van der Waals surface area (Å²) in [6.45, 7) is 0.908. The number of benzene rings is 1. The standard InChI is InChI=1S/C19H24N2O8/c1-2-7-28-16-4-3-12(19(27)29-11-13(24)10-23)8-14(16)20-15-9-17(25)21(5-6-22)18(15)26/h3-4,8-9,13,20,22-24H,2,5-7,10-11H2,1H3. The number of imide groups is 1. The molecule has 0 fully saturated rings. The van der Waals surface area contributed by atoms with Crippen LogP contribution in [0.5, 0.6) is 5.75 Å². The molecule has 1 unspecified atom stereocenters. The fraction of sp³-hybridized carbons (Fsp3) is 0.421. The summed E-state index contributed by atoms with van der Waals surface area (Å²) < 4.78 is 10.5. The molecule has 0 saturated carbocycles. The molecule has 2 amide bonds. The van der Waals surface area contributed by atoms with Gasteiger partial charge in [0.1, 0.15) is 24.2 Å². The number of β-amino-alcohol motifs (C(OH)–C–C–N with tert-alkyl or cyclic N) is 1. The lowest BCUT2D eigenvalue weighted by Crippen LogP contribution is -2.34. The Morgan fingerprint density at radius 1 is 1.28 bits per heavy atom. The molecule has 158 valence electrons. The van der Waals surface area contributed by atoms with Crippen molar-refractivity contribution in [1.82, 2.24) is 4.90 Å². The van der Waals surface area contributed by atoms with Crippen molar-refractivity contribution in [3.8, 4) is 5.75 Å². The molecule has 0 radical (unpaired) electrons. The Morgan fingerprint density at radius 3 is 2.69 bits per heavy atom. The fourth-order valence-corrected chi connectivity index (χ4v) is 2.46. The maximum Gasteiger partial charge on any atom is 0.338 e. The topological polar surface area (TPSA) is 146 Å². The number of ether oxygens (including phenoxy) is 2. The summed E-state index contributed by atoms with van der Waals surface area (Å²) in [6.07, 6.45) is 0.644. The summed E-state index contributed by atoms with van der Waals surface area (Å²) in [5.74, 6) is -1.55. The molecule has 1 aliphatic rings. The third-order valence-corrected chi connectivity index (χ3v) is 3.90. The van der Waals surface area contributed by atoms with E-state index >= 15 is 0 Å². The van der Waals surface area contributed by atoms with Crippen molar-refractivity contribution in [2.45, 2.75) is 19.4 Å². The van der Waals surface area contributed by atoms with Crippen LogP contribution in [0.2, 0.25) is 0 Å². The van der Waals surface area contributed by atoms with Crippen molar-refractivity contribution in [2.75, 3.05) is 38.3 Å². The first kappa shape index (κ1) is 22.3. The number of hydrogen-bond acceptors (Lipinski definition) is 9. The lowest BCUT2D eigenvalue weighted by molar-refractivity contribution is -0.137. The summed E-state index contributed by atoms with van der Waals surface area (Å²) in [5, 5.41) is 29.9. The largest absolute Gasteiger partial charge is 0.491 e. The highest BCUT2D eigenvalue weighted by Crippen LogP contribution is 2.29. The lowest BCUT2D eigenvalue weighted by Gasteiger charge is -2.16. The number of aliphatic hydroxyl groups excluding tert-OH is 3. The number of aliphatic hydroxyl groups is 3. The van der Waals surface area contributed by atoms with Crippen LogP contribution in [-0.2, 0) is 14.3 Å². The number of carbonyl (C=O) groups is 3. The first-order valence-electron chi connectivity index (χ1n) is 9.09. The second kappa shape index (κ2) is 10.6. The Bertz CT molecular complexity index is 792. The molecule has 0 spiro atoms. The van der Waals surface area contributed by atoms with Crippen molar-refractivity contribution in [3.63, 3.8) is 0 Å². The van der Waals surface area contributed by atoms with Gasteiger partial charge in [0, 0.05) is 6.08 Å². The van der Waals surface area contributed by atoms with Crippen molar-refractivity contribution in [3.05, 3.63) is 35.5 Å². The van der Waals surface area contributed by atoms with Crippen LogP contribution in [-0.4, -0.2) is 77.1 Å². The maximum atomic E-state index is 12.3. The number of nitrogens with one attached hydrogen (secondary N) is 1. The Kier molecular flexibility index (Phi) is 8.13. The van der Waals surface area contributed by atoms with Crippen LogP contribution >= 0.6 is 0 Å². The van der Waals surface area contributed by atoms with E-state index in [0.717, 1.165) is 17.4 Å². The average molecular weight is 408 g/mol. The normalized spacial score (nSPS) is 14.6. The van der Waals surface area contributed by atoms with Gasteiger partial charge in [-0.3, -0.25) is 14.5 Å². The van der Waals surface area contributed by atoms with E-state index in [1.165, 1.54) is 18.2 Å². The molecule has 10 heteroatoms. The van der Waals surface area contributed by atoms with Gasteiger partial charge in [0.2, 0.25) is 0 Å². The number of hydrogen-bond donors (Lipinski definition) is 4. The van der Waals surface area contributed by atoms with Gasteiger partial charge in [-0.2, -0.15) is 0 Å². The molecular formula is C19H24N2O8. The zero-order valence-electron chi connectivity index (χ0n) is 16.0. The zero-order chi connectivity index (χ0) is 21.4. The van der Waals surface area contributed by atoms with Crippen LogP contribution in [0.3, 0.4) is 0 Å². The number of carbonyl (C=O) groups excluding carboxylic acids is 3. The van der Waals surface area contributed by atoms with Crippen LogP contribution in [0.25, 0.3) is 0 Å². The van der Waals surface area contributed by atoms with Gasteiger partial charge in [0.05, 0.1) is 37.6 Å². The molecule has 0 saturated heterocycles. The van der Waals surface area contributed by atoms with Crippen LogP contribution in [0.15, 0.2) is 30.0 Å². The first-order chi connectivity index (χ1) is 13.9. The van der Waals surface area contributed by atoms with Gasteiger partial charge in [-0.05, 0) is 24.6 Å². The third-order valence-electron chi connectivity index (χ3n) is 3.90. The molecule has 29 heavy (non-hydrogen) atoms. The smallest absolute Gasteiger partial charge is 0.338 e. The van der Waals surface area contributed by atoms with Crippen molar-refractivity contribution < 1.29 is 39.2 Å². The van der Waals surface area contributed by atoms with Gasteiger partial charge >= 0.3 is 5.97 Å². The van der Waals surface area contributed by atoms with E-state index in [2.05, 4.69) is 5.32 Å².